The number of aromatic nitrogens is 2. The zero-order chi connectivity index (χ0) is 14.7. The largest absolute Gasteiger partial charge is 0.462 e. The van der Waals surface area contributed by atoms with E-state index in [9.17, 15) is 9.59 Å². The lowest BCUT2D eigenvalue weighted by molar-refractivity contribution is 0.0527. The van der Waals surface area contributed by atoms with Crippen molar-refractivity contribution in [1.82, 2.24) is 15.1 Å². The zero-order valence-electron chi connectivity index (χ0n) is 11.8. The molecule has 2 heterocycles. The van der Waals surface area contributed by atoms with Crippen LogP contribution in [-0.4, -0.2) is 40.9 Å². The average molecular weight is 280 g/mol. The monoisotopic (exact) mass is 280 g/mol. The Kier molecular flexibility index (Phi) is 4.39. The molecule has 0 saturated carbocycles. The van der Waals surface area contributed by atoms with Crippen LogP contribution < -0.4 is 11.1 Å². The number of rotatable bonds is 3. The van der Waals surface area contributed by atoms with E-state index >= 15 is 0 Å². The number of carbonyl (C=O) groups is 2. The third-order valence-corrected chi connectivity index (χ3v) is 3.39. The molecule has 3 N–H and O–H groups in total. The molecule has 1 atom stereocenters. The molecule has 1 aromatic heterocycles. The molecule has 1 aliphatic rings. The van der Waals surface area contributed by atoms with E-state index in [4.69, 9.17) is 10.5 Å². The van der Waals surface area contributed by atoms with Gasteiger partial charge in [0.05, 0.1) is 18.3 Å². The molecule has 0 amide bonds. The molecule has 1 aromatic rings. The summed E-state index contributed by atoms with van der Waals surface area (Å²) in [6, 6.07) is -0.291. The van der Waals surface area contributed by atoms with Crippen LogP contribution in [0.25, 0.3) is 0 Å². The summed E-state index contributed by atoms with van der Waals surface area (Å²) in [5, 5.41) is 7.24. The molecule has 0 bridgehead atoms. The summed E-state index contributed by atoms with van der Waals surface area (Å²) in [5.74, 6) is -0.711. The Labute approximate surface area is 117 Å². The summed E-state index contributed by atoms with van der Waals surface area (Å²) in [7, 11) is 0. The lowest BCUT2D eigenvalue weighted by Gasteiger charge is -2.22. The predicted molar refractivity (Wildman–Crippen MR) is 73.6 cm³/mol. The second kappa shape index (κ2) is 6.04. The number of hydrogen-bond donors (Lipinski definition) is 2. The number of nitrogens with two attached hydrogens (primary N) is 1. The fourth-order valence-corrected chi connectivity index (χ4v) is 2.38. The first-order valence-corrected chi connectivity index (χ1v) is 6.86. The number of carbonyl (C=O) groups excluding carboxylic acids is 2. The van der Waals surface area contributed by atoms with Gasteiger partial charge in [0, 0.05) is 0 Å². The fourth-order valence-electron chi connectivity index (χ4n) is 2.38. The highest BCUT2D eigenvalue weighted by atomic mass is 16.5. The third-order valence-electron chi connectivity index (χ3n) is 3.39. The highest BCUT2D eigenvalue weighted by Crippen LogP contribution is 2.19. The van der Waals surface area contributed by atoms with Crippen LogP contribution in [0.15, 0.2) is 0 Å². The SMILES string of the molecule is CCOC(=O)c1c(C)nn(C(=O)C2CCCCN2)c1N. The molecule has 1 aliphatic heterocycles. The van der Waals surface area contributed by atoms with E-state index in [-0.39, 0.29) is 29.9 Å². The fraction of sp³-hybridized carbons (Fsp3) is 0.615. The molecule has 1 unspecified atom stereocenters. The van der Waals surface area contributed by atoms with E-state index in [0.717, 1.165) is 30.5 Å². The highest BCUT2D eigenvalue weighted by Gasteiger charge is 2.28. The van der Waals surface area contributed by atoms with Crippen LogP contribution in [0.3, 0.4) is 0 Å². The minimum Gasteiger partial charge on any atom is -0.462 e. The van der Waals surface area contributed by atoms with Gasteiger partial charge in [-0.3, -0.25) is 4.79 Å². The second-order valence-electron chi connectivity index (χ2n) is 4.82. The van der Waals surface area contributed by atoms with Gasteiger partial charge in [-0.15, -0.1) is 0 Å². The number of hydrogen-bond acceptors (Lipinski definition) is 6. The van der Waals surface area contributed by atoms with Gasteiger partial charge in [-0.25, -0.2) is 4.79 Å². The molecule has 0 aliphatic carbocycles. The molecule has 0 spiro atoms. The molecule has 1 fully saturated rings. The van der Waals surface area contributed by atoms with E-state index in [1.54, 1.807) is 13.8 Å². The minimum atomic E-state index is -0.543. The summed E-state index contributed by atoms with van der Waals surface area (Å²) < 4.78 is 6.04. The van der Waals surface area contributed by atoms with Crippen LogP contribution in [0.4, 0.5) is 5.82 Å². The molecular formula is C13H20N4O3. The maximum absolute atomic E-state index is 12.4. The van der Waals surface area contributed by atoms with E-state index in [1.165, 1.54) is 0 Å². The smallest absolute Gasteiger partial charge is 0.343 e. The van der Waals surface area contributed by atoms with Crippen LogP contribution in [0.2, 0.25) is 0 Å². The molecule has 2 rings (SSSR count). The number of nitrogens with one attached hydrogen (secondary N) is 1. The second-order valence-corrected chi connectivity index (χ2v) is 4.82. The van der Waals surface area contributed by atoms with Crippen molar-refractivity contribution in [1.29, 1.82) is 0 Å². The first kappa shape index (κ1) is 14.5. The van der Waals surface area contributed by atoms with Gasteiger partial charge >= 0.3 is 5.97 Å². The van der Waals surface area contributed by atoms with E-state index in [2.05, 4.69) is 10.4 Å². The molecule has 0 aromatic carbocycles. The van der Waals surface area contributed by atoms with Crippen molar-refractivity contribution in [3.63, 3.8) is 0 Å². The highest BCUT2D eigenvalue weighted by molar-refractivity contribution is 5.98. The number of nitrogen functional groups attached to an aromatic ring is 1. The third kappa shape index (κ3) is 2.67. The number of piperidine rings is 1. The van der Waals surface area contributed by atoms with Crippen LogP contribution >= 0.6 is 0 Å². The first-order valence-electron chi connectivity index (χ1n) is 6.86. The Morgan fingerprint density at radius 3 is 2.85 bits per heavy atom. The summed E-state index contributed by atoms with van der Waals surface area (Å²) in [4.78, 5) is 24.2. The number of anilines is 1. The maximum atomic E-state index is 12.4. The lowest BCUT2D eigenvalue weighted by Crippen LogP contribution is -2.43. The molecule has 1 saturated heterocycles. The van der Waals surface area contributed by atoms with Crippen molar-refractivity contribution in [2.75, 3.05) is 18.9 Å². The number of aryl methyl sites for hydroxylation is 1. The van der Waals surface area contributed by atoms with Crippen molar-refractivity contribution in [2.24, 2.45) is 0 Å². The van der Waals surface area contributed by atoms with Gasteiger partial charge < -0.3 is 15.8 Å². The van der Waals surface area contributed by atoms with Gasteiger partial charge in [-0.05, 0) is 33.2 Å². The van der Waals surface area contributed by atoms with Crippen LogP contribution in [-0.2, 0) is 4.74 Å². The summed E-state index contributed by atoms with van der Waals surface area (Å²) in [5.41, 5.74) is 6.48. The van der Waals surface area contributed by atoms with Crippen molar-refractivity contribution >= 4 is 17.7 Å². The summed E-state index contributed by atoms with van der Waals surface area (Å²) in [6.45, 7) is 4.41. The van der Waals surface area contributed by atoms with E-state index in [0.29, 0.717) is 5.69 Å². The molecular weight excluding hydrogens is 260 g/mol. The van der Waals surface area contributed by atoms with Gasteiger partial charge in [0.1, 0.15) is 11.4 Å². The van der Waals surface area contributed by atoms with Crippen molar-refractivity contribution in [3.8, 4) is 0 Å². The summed E-state index contributed by atoms with van der Waals surface area (Å²) >= 11 is 0. The molecule has 7 nitrogen and oxygen atoms in total. The topological polar surface area (TPSA) is 99.2 Å². The Balaban J connectivity index is 2.26. The molecule has 0 radical (unpaired) electrons. The molecule has 7 heteroatoms. The van der Waals surface area contributed by atoms with Crippen LogP contribution in [0, 0.1) is 6.92 Å². The maximum Gasteiger partial charge on any atom is 0.343 e. The van der Waals surface area contributed by atoms with Crippen molar-refractivity contribution in [3.05, 3.63) is 11.3 Å². The zero-order valence-corrected chi connectivity index (χ0v) is 11.8. The van der Waals surface area contributed by atoms with Crippen LogP contribution in [0.1, 0.15) is 47.0 Å². The average Bonchev–Trinajstić information content (AvgIpc) is 2.74. The first-order chi connectivity index (χ1) is 9.56. The van der Waals surface area contributed by atoms with Crippen molar-refractivity contribution < 1.29 is 14.3 Å². The van der Waals surface area contributed by atoms with E-state index in [1.807, 2.05) is 0 Å². The number of ether oxygens (including phenoxy) is 1. The lowest BCUT2D eigenvalue weighted by atomic mass is 10.0. The van der Waals surface area contributed by atoms with E-state index < -0.39 is 5.97 Å². The standard InChI is InChI=1S/C13H20N4O3/c1-3-20-13(19)10-8(2)16-17(11(10)14)12(18)9-6-4-5-7-15-9/h9,15H,3-7,14H2,1-2H3. The van der Waals surface area contributed by atoms with Gasteiger partial charge in [0.15, 0.2) is 0 Å². The Morgan fingerprint density at radius 2 is 2.25 bits per heavy atom. The van der Waals surface area contributed by atoms with Crippen molar-refractivity contribution in [2.45, 2.75) is 39.2 Å². The van der Waals surface area contributed by atoms with Gasteiger partial charge in [0.25, 0.3) is 5.91 Å². The van der Waals surface area contributed by atoms with Gasteiger partial charge in [0.2, 0.25) is 0 Å². The van der Waals surface area contributed by atoms with Crippen LogP contribution in [0.5, 0.6) is 0 Å². The van der Waals surface area contributed by atoms with Gasteiger partial charge in [-0.2, -0.15) is 9.78 Å². The quantitative estimate of drug-likeness (QED) is 0.792. The number of nitrogens with zero attached hydrogens (tertiary/aromatic N) is 2. The normalized spacial score (nSPS) is 18.8. The predicted octanol–water partition coefficient (Wildman–Crippen LogP) is 0.733. The summed E-state index contributed by atoms with van der Waals surface area (Å²) in [6.07, 6.45) is 2.81. The Hall–Kier alpha value is -1.89. The molecule has 110 valence electrons. The Morgan fingerprint density at radius 1 is 1.50 bits per heavy atom. The Bertz CT molecular complexity index is 518. The number of esters is 1. The minimum absolute atomic E-state index is 0.0540. The molecule has 20 heavy (non-hydrogen) atoms. The van der Waals surface area contributed by atoms with Gasteiger partial charge in [-0.1, -0.05) is 6.42 Å².